The summed E-state index contributed by atoms with van der Waals surface area (Å²) in [5, 5.41) is 1.34. The van der Waals surface area contributed by atoms with Gasteiger partial charge in [-0.1, -0.05) is 107 Å². The smallest absolute Gasteiger partial charge is 0.322 e. The minimum atomic E-state index is -1.04. The standard InChI is InChI=1S/C33H18Cl4N2O6/c34-20-11-18-24(13-22(20)36)38-28(30(42)16-7-3-1-4-8-16)32(18)44-26(40)15-27(41)45-33-19-12-21(35)23(37)14-25(19)39-29(33)31(43)17-9-5-2-6-10-17/h1-14,38-39H,15H2. The van der Waals surface area contributed by atoms with Gasteiger partial charge in [0.05, 0.1) is 31.1 Å². The number of aromatic amines is 2. The first-order chi connectivity index (χ1) is 21.6. The SMILES string of the molecule is O=C(CC(=O)Oc1c(C(=O)c2ccccc2)[nH]c2cc(Cl)c(Cl)cc12)Oc1c(C(=O)c2ccccc2)[nH]c2cc(Cl)c(Cl)cc12. The van der Waals surface area contributed by atoms with Gasteiger partial charge in [-0.25, -0.2) is 0 Å². The Labute approximate surface area is 274 Å². The maximum absolute atomic E-state index is 13.4. The number of halogens is 4. The largest absolute Gasteiger partial charge is 0.423 e. The maximum atomic E-state index is 13.4. The maximum Gasteiger partial charge on any atom is 0.322 e. The molecule has 0 amide bonds. The molecule has 0 spiro atoms. The monoisotopic (exact) mass is 678 g/mol. The number of rotatable bonds is 8. The van der Waals surface area contributed by atoms with E-state index < -0.39 is 29.9 Å². The number of aromatic nitrogens is 2. The summed E-state index contributed by atoms with van der Waals surface area (Å²) in [6.07, 6.45) is -0.875. The Kier molecular flexibility index (Phi) is 8.40. The molecule has 2 aromatic heterocycles. The summed E-state index contributed by atoms with van der Waals surface area (Å²) in [4.78, 5) is 58.9. The second-order valence-electron chi connectivity index (χ2n) is 9.80. The van der Waals surface area contributed by atoms with Crippen molar-refractivity contribution in [2.45, 2.75) is 6.42 Å². The second-order valence-corrected chi connectivity index (χ2v) is 11.4. The van der Waals surface area contributed by atoms with E-state index in [4.69, 9.17) is 55.9 Å². The third kappa shape index (κ3) is 6.06. The molecule has 6 aromatic rings. The van der Waals surface area contributed by atoms with Crippen LogP contribution in [0.15, 0.2) is 84.9 Å². The molecule has 0 bridgehead atoms. The van der Waals surface area contributed by atoms with Gasteiger partial charge >= 0.3 is 11.9 Å². The lowest BCUT2D eigenvalue weighted by Gasteiger charge is -2.08. The number of ketones is 2. The summed E-state index contributed by atoms with van der Waals surface area (Å²) >= 11 is 24.8. The van der Waals surface area contributed by atoms with Crippen LogP contribution < -0.4 is 9.47 Å². The fourth-order valence-electron chi connectivity index (χ4n) is 4.75. The lowest BCUT2D eigenvalue weighted by molar-refractivity contribution is -0.144. The van der Waals surface area contributed by atoms with E-state index in [9.17, 15) is 19.2 Å². The zero-order valence-electron chi connectivity index (χ0n) is 22.8. The number of ether oxygens (including phenoxy) is 2. The van der Waals surface area contributed by atoms with Crippen LogP contribution in [-0.2, 0) is 9.59 Å². The Balaban J connectivity index is 1.31. The molecule has 8 nitrogen and oxygen atoms in total. The van der Waals surface area contributed by atoms with Gasteiger partial charge < -0.3 is 19.4 Å². The van der Waals surface area contributed by atoms with Crippen molar-refractivity contribution >= 4 is 91.7 Å². The Hall–Kier alpha value is -4.60. The van der Waals surface area contributed by atoms with Crippen molar-refractivity contribution in [3.05, 3.63) is 128 Å². The molecule has 224 valence electrons. The molecule has 12 heteroatoms. The number of hydrogen-bond acceptors (Lipinski definition) is 6. The van der Waals surface area contributed by atoms with E-state index in [0.717, 1.165) is 0 Å². The van der Waals surface area contributed by atoms with Crippen molar-refractivity contribution < 1.29 is 28.7 Å². The van der Waals surface area contributed by atoms with Gasteiger partial charge in [0.1, 0.15) is 17.8 Å². The van der Waals surface area contributed by atoms with Gasteiger partial charge in [-0.2, -0.15) is 0 Å². The third-order valence-corrected chi connectivity index (χ3v) is 8.27. The molecule has 2 N–H and O–H groups in total. The summed E-state index contributed by atoms with van der Waals surface area (Å²) in [5.74, 6) is -3.28. The second kappa shape index (κ2) is 12.4. The first kappa shape index (κ1) is 30.4. The van der Waals surface area contributed by atoms with Crippen molar-refractivity contribution in [2.75, 3.05) is 0 Å². The lowest BCUT2D eigenvalue weighted by atomic mass is 10.1. The number of H-pyrrole nitrogens is 2. The van der Waals surface area contributed by atoms with Crippen molar-refractivity contribution in [1.29, 1.82) is 0 Å². The van der Waals surface area contributed by atoms with E-state index in [2.05, 4.69) is 9.97 Å². The van der Waals surface area contributed by atoms with Crippen LogP contribution in [0.5, 0.6) is 11.5 Å². The van der Waals surface area contributed by atoms with Crippen LogP contribution in [0.2, 0.25) is 20.1 Å². The normalized spacial score (nSPS) is 11.1. The van der Waals surface area contributed by atoms with Gasteiger partial charge in [-0.05, 0) is 24.3 Å². The first-order valence-electron chi connectivity index (χ1n) is 13.2. The zero-order chi connectivity index (χ0) is 31.8. The van der Waals surface area contributed by atoms with Crippen LogP contribution in [0.3, 0.4) is 0 Å². The zero-order valence-corrected chi connectivity index (χ0v) is 25.8. The molecule has 45 heavy (non-hydrogen) atoms. The van der Waals surface area contributed by atoms with Crippen LogP contribution in [0.25, 0.3) is 21.8 Å². The molecule has 0 atom stereocenters. The molecule has 6 rings (SSSR count). The van der Waals surface area contributed by atoms with E-state index >= 15 is 0 Å². The molecular formula is C33H18Cl4N2O6. The number of carbonyl (C=O) groups is 4. The van der Waals surface area contributed by atoms with E-state index in [-0.39, 0.29) is 43.0 Å². The fraction of sp³-hybridized carbons (Fsp3) is 0.0303. The average Bonchev–Trinajstić information content (AvgIpc) is 3.54. The first-order valence-corrected chi connectivity index (χ1v) is 14.7. The summed E-state index contributed by atoms with van der Waals surface area (Å²) in [6.45, 7) is 0. The molecule has 0 aliphatic rings. The minimum absolute atomic E-state index is 0.0462. The molecule has 0 saturated heterocycles. The molecule has 0 aliphatic carbocycles. The summed E-state index contributed by atoms with van der Waals surface area (Å²) in [6, 6.07) is 22.5. The summed E-state index contributed by atoms with van der Waals surface area (Å²) < 4.78 is 11.2. The van der Waals surface area contributed by atoms with Crippen LogP contribution >= 0.6 is 46.4 Å². The predicted molar refractivity (Wildman–Crippen MR) is 172 cm³/mol. The Morgan fingerprint density at radius 2 is 0.889 bits per heavy atom. The van der Waals surface area contributed by atoms with E-state index in [0.29, 0.717) is 32.9 Å². The molecule has 0 unspecified atom stereocenters. The highest BCUT2D eigenvalue weighted by molar-refractivity contribution is 6.43. The molecule has 4 aromatic carbocycles. The van der Waals surface area contributed by atoms with E-state index in [1.165, 1.54) is 24.3 Å². The van der Waals surface area contributed by atoms with Gasteiger partial charge in [-0.3, -0.25) is 19.2 Å². The predicted octanol–water partition coefficient (Wildman–Crippen LogP) is 8.63. The Morgan fingerprint density at radius 1 is 0.533 bits per heavy atom. The quantitative estimate of drug-likeness (QED) is 0.0945. The number of benzene rings is 4. The highest BCUT2D eigenvalue weighted by Gasteiger charge is 2.27. The van der Waals surface area contributed by atoms with Crippen molar-refractivity contribution in [3.8, 4) is 11.5 Å². The number of esters is 2. The molecule has 0 fully saturated rings. The van der Waals surface area contributed by atoms with Gasteiger partial charge in [0.2, 0.25) is 11.6 Å². The number of nitrogens with one attached hydrogen (secondary N) is 2. The van der Waals surface area contributed by atoms with E-state index in [1.54, 1.807) is 60.7 Å². The van der Waals surface area contributed by atoms with Crippen LogP contribution in [0, 0.1) is 0 Å². The molecule has 0 radical (unpaired) electrons. The number of carbonyl (C=O) groups excluding carboxylic acids is 4. The molecule has 0 aliphatic heterocycles. The Morgan fingerprint density at radius 3 is 1.27 bits per heavy atom. The third-order valence-electron chi connectivity index (χ3n) is 6.83. The average molecular weight is 680 g/mol. The molecular weight excluding hydrogens is 662 g/mol. The van der Waals surface area contributed by atoms with Crippen molar-refractivity contribution in [3.63, 3.8) is 0 Å². The topological polar surface area (TPSA) is 118 Å². The number of hydrogen-bond donors (Lipinski definition) is 2. The highest BCUT2D eigenvalue weighted by atomic mass is 35.5. The van der Waals surface area contributed by atoms with Crippen LogP contribution in [0.1, 0.15) is 38.5 Å². The van der Waals surface area contributed by atoms with Crippen molar-refractivity contribution in [2.24, 2.45) is 0 Å². The highest BCUT2D eigenvalue weighted by Crippen LogP contribution is 2.38. The van der Waals surface area contributed by atoms with Crippen molar-refractivity contribution in [1.82, 2.24) is 9.97 Å². The molecule has 2 heterocycles. The Bertz CT molecular complexity index is 2000. The van der Waals surface area contributed by atoms with Gasteiger partial charge in [-0.15, -0.1) is 0 Å². The summed E-state index contributed by atoms with van der Waals surface area (Å²) in [7, 11) is 0. The lowest BCUT2D eigenvalue weighted by Crippen LogP contribution is -2.19. The van der Waals surface area contributed by atoms with Gasteiger partial charge in [0.25, 0.3) is 0 Å². The fourth-order valence-corrected chi connectivity index (χ4v) is 5.40. The van der Waals surface area contributed by atoms with Gasteiger partial charge in [0, 0.05) is 21.9 Å². The minimum Gasteiger partial charge on any atom is -0.423 e. The van der Waals surface area contributed by atoms with Gasteiger partial charge in [0.15, 0.2) is 11.5 Å². The van der Waals surface area contributed by atoms with Crippen LogP contribution in [-0.4, -0.2) is 33.5 Å². The number of fused-ring (bicyclic) bond motifs is 2. The van der Waals surface area contributed by atoms with Crippen LogP contribution in [0.4, 0.5) is 0 Å². The molecule has 0 saturated carbocycles. The van der Waals surface area contributed by atoms with E-state index in [1.807, 2.05) is 0 Å². The summed E-state index contributed by atoms with van der Waals surface area (Å²) in [5.41, 5.74) is 1.32.